The molecule has 1 N–H and O–H groups in total. The van der Waals surface area contributed by atoms with Crippen LogP contribution in [-0.2, 0) is 6.54 Å². The van der Waals surface area contributed by atoms with Gasteiger partial charge in [-0.1, -0.05) is 11.8 Å². The predicted molar refractivity (Wildman–Crippen MR) is 78.7 cm³/mol. The quantitative estimate of drug-likeness (QED) is 0.857. The van der Waals surface area contributed by atoms with Crippen LogP contribution in [0, 0.1) is 17.7 Å². The highest BCUT2D eigenvalue weighted by atomic mass is 19.1. The molecular formula is C17H22FNO. The molecule has 0 unspecified atom stereocenters. The summed E-state index contributed by atoms with van der Waals surface area (Å²) in [6, 6.07) is 4.98. The Hall–Kier alpha value is -1.37. The Morgan fingerprint density at radius 3 is 2.80 bits per heavy atom. The van der Waals surface area contributed by atoms with Crippen molar-refractivity contribution in [2.24, 2.45) is 0 Å². The van der Waals surface area contributed by atoms with Crippen molar-refractivity contribution in [1.29, 1.82) is 0 Å². The smallest absolute Gasteiger partial charge is 0.124 e. The summed E-state index contributed by atoms with van der Waals surface area (Å²) in [6.07, 6.45) is 2.81. The first-order chi connectivity index (χ1) is 9.51. The van der Waals surface area contributed by atoms with Crippen LogP contribution in [-0.4, -0.2) is 28.7 Å². The molecule has 1 aromatic carbocycles. The fourth-order valence-electron chi connectivity index (χ4n) is 2.71. The lowest BCUT2D eigenvalue weighted by Crippen LogP contribution is -2.37. The molecular weight excluding hydrogens is 253 g/mol. The van der Waals surface area contributed by atoms with E-state index in [4.69, 9.17) is 5.11 Å². The van der Waals surface area contributed by atoms with Gasteiger partial charge in [0.15, 0.2) is 0 Å². The van der Waals surface area contributed by atoms with Gasteiger partial charge in [0.1, 0.15) is 5.82 Å². The number of aliphatic hydroxyl groups is 1. The Morgan fingerprint density at radius 1 is 1.35 bits per heavy atom. The molecule has 2 rings (SSSR count). The molecule has 1 heterocycles. The first-order valence-corrected chi connectivity index (χ1v) is 7.15. The van der Waals surface area contributed by atoms with E-state index in [9.17, 15) is 4.39 Å². The van der Waals surface area contributed by atoms with Crippen LogP contribution in [0.15, 0.2) is 18.2 Å². The minimum absolute atomic E-state index is 0.0388. The molecule has 108 valence electrons. The largest absolute Gasteiger partial charge is 0.395 e. The molecule has 1 fully saturated rings. The topological polar surface area (TPSA) is 23.5 Å². The molecule has 3 heteroatoms. The normalized spacial score (nSPS) is 17.8. The highest BCUT2D eigenvalue weighted by Crippen LogP contribution is 2.29. The summed E-state index contributed by atoms with van der Waals surface area (Å²) in [5, 5.41) is 8.72. The lowest BCUT2D eigenvalue weighted by atomic mass is 10.0. The van der Waals surface area contributed by atoms with Gasteiger partial charge in [0.2, 0.25) is 0 Å². The Kier molecular flexibility index (Phi) is 4.80. The first-order valence-electron chi connectivity index (χ1n) is 7.15. The zero-order chi connectivity index (χ0) is 14.6. The standard InChI is InChI=1S/C17H22FNO/c1-17(2)7-5-8-19(17)13-15-10-14(6-3-4-9-20)11-16(18)12-15/h10-12,20H,4-5,7-9,13H2,1-2H3. The average molecular weight is 275 g/mol. The van der Waals surface area contributed by atoms with Crippen molar-refractivity contribution in [2.75, 3.05) is 13.2 Å². The second-order valence-corrected chi connectivity index (χ2v) is 5.96. The van der Waals surface area contributed by atoms with E-state index in [2.05, 4.69) is 30.6 Å². The molecule has 0 bridgehead atoms. The Balaban J connectivity index is 2.14. The van der Waals surface area contributed by atoms with Crippen molar-refractivity contribution in [1.82, 2.24) is 4.90 Å². The summed E-state index contributed by atoms with van der Waals surface area (Å²) in [5.41, 5.74) is 1.84. The third-order valence-electron chi connectivity index (χ3n) is 3.87. The number of hydrogen-bond donors (Lipinski definition) is 1. The average Bonchev–Trinajstić information content (AvgIpc) is 2.68. The van der Waals surface area contributed by atoms with E-state index >= 15 is 0 Å². The molecule has 0 radical (unpaired) electrons. The maximum Gasteiger partial charge on any atom is 0.124 e. The Morgan fingerprint density at radius 2 is 2.15 bits per heavy atom. The molecule has 0 aromatic heterocycles. The van der Waals surface area contributed by atoms with E-state index in [1.165, 1.54) is 18.9 Å². The molecule has 20 heavy (non-hydrogen) atoms. The van der Waals surface area contributed by atoms with E-state index in [-0.39, 0.29) is 18.0 Å². The van der Waals surface area contributed by atoms with Crippen molar-refractivity contribution in [3.8, 4) is 11.8 Å². The summed E-state index contributed by atoms with van der Waals surface area (Å²) in [5.74, 6) is 5.50. The SMILES string of the molecule is CC1(C)CCCN1Cc1cc(F)cc(C#CCCO)c1. The van der Waals surface area contributed by atoms with E-state index in [0.29, 0.717) is 12.0 Å². The monoisotopic (exact) mass is 275 g/mol. The van der Waals surface area contributed by atoms with Gasteiger partial charge in [0, 0.05) is 24.1 Å². The zero-order valence-electron chi connectivity index (χ0n) is 12.2. The number of rotatable bonds is 3. The van der Waals surface area contributed by atoms with Gasteiger partial charge in [-0.05, 0) is 57.0 Å². The van der Waals surface area contributed by atoms with Crippen LogP contribution in [0.1, 0.15) is 44.2 Å². The van der Waals surface area contributed by atoms with Gasteiger partial charge in [-0.3, -0.25) is 4.90 Å². The summed E-state index contributed by atoms with van der Waals surface area (Å²) in [7, 11) is 0. The number of likely N-dealkylation sites (tertiary alicyclic amines) is 1. The first kappa shape index (κ1) is 15.0. The number of nitrogens with zero attached hydrogens (tertiary/aromatic N) is 1. The minimum Gasteiger partial charge on any atom is -0.395 e. The third-order valence-corrected chi connectivity index (χ3v) is 3.87. The molecule has 1 aliphatic heterocycles. The van der Waals surface area contributed by atoms with Gasteiger partial charge < -0.3 is 5.11 Å². The number of aliphatic hydroxyl groups excluding tert-OH is 1. The van der Waals surface area contributed by atoms with Crippen LogP contribution in [0.3, 0.4) is 0 Å². The van der Waals surface area contributed by atoms with Gasteiger partial charge >= 0.3 is 0 Å². The minimum atomic E-state index is -0.243. The van der Waals surface area contributed by atoms with Crippen LogP contribution in [0.2, 0.25) is 0 Å². The van der Waals surface area contributed by atoms with E-state index < -0.39 is 0 Å². The maximum absolute atomic E-state index is 13.7. The van der Waals surface area contributed by atoms with Crippen LogP contribution in [0.4, 0.5) is 4.39 Å². The molecule has 2 nitrogen and oxygen atoms in total. The molecule has 0 saturated carbocycles. The van der Waals surface area contributed by atoms with Crippen molar-refractivity contribution < 1.29 is 9.50 Å². The number of halogens is 1. The van der Waals surface area contributed by atoms with Gasteiger partial charge in [-0.2, -0.15) is 0 Å². The molecule has 0 amide bonds. The molecule has 0 spiro atoms. The molecule has 1 aliphatic rings. The highest BCUT2D eigenvalue weighted by molar-refractivity contribution is 5.37. The van der Waals surface area contributed by atoms with Gasteiger partial charge in [0.05, 0.1) is 6.61 Å². The van der Waals surface area contributed by atoms with Crippen LogP contribution in [0.5, 0.6) is 0 Å². The Bertz CT molecular complexity index is 528. The molecule has 0 aliphatic carbocycles. The maximum atomic E-state index is 13.7. The van der Waals surface area contributed by atoms with Crippen LogP contribution >= 0.6 is 0 Å². The van der Waals surface area contributed by atoms with Gasteiger partial charge in [0.25, 0.3) is 0 Å². The lowest BCUT2D eigenvalue weighted by molar-refractivity contribution is 0.166. The summed E-state index contributed by atoms with van der Waals surface area (Å²) >= 11 is 0. The number of hydrogen-bond acceptors (Lipinski definition) is 2. The van der Waals surface area contributed by atoms with Crippen LogP contribution in [0.25, 0.3) is 0 Å². The molecule has 0 atom stereocenters. The van der Waals surface area contributed by atoms with Crippen molar-refractivity contribution >= 4 is 0 Å². The zero-order valence-corrected chi connectivity index (χ0v) is 12.2. The van der Waals surface area contributed by atoms with E-state index in [0.717, 1.165) is 18.7 Å². The summed E-state index contributed by atoms with van der Waals surface area (Å²) in [4.78, 5) is 2.40. The Labute approximate surface area is 120 Å². The van der Waals surface area contributed by atoms with Crippen LogP contribution < -0.4 is 0 Å². The number of benzene rings is 1. The van der Waals surface area contributed by atoms with Gasteiger partial charge in [-0.15, -0.1) is 0 Å². The second-order valence-electron chi connectivity index (χ2n) is 5.96. The highest BCUT2D eigenvalue weighted by Gasteiger charge is 2.31. The fraction of sp³-hybridized carbons (Fsp3) is 0.529. The molecule has 1 saturated heterocycles. The van der Waals surface area contributed by atoms with Crippen molar-refractivity contribution in [3.05, 3.63) is 35.1 Å². The molecule has 1 aromatic rings. The van der Waals surface area contributed by atoms with E-state index in [1.807, 2.05) is 6.07 Å². The lowest BCUT2D eigenvalue weighted by Gasteiger charge is -2.31. The summed E-state index contributed by atoms with van der Waals surface area (Å²) < 4.78 is 13.7. The third kappa shape index (κ3) is 3.82. The summed E-state index contributed by atoms with van der Waals surface area (Å²) in [6.45, 7) is 6.34. The van der Waals surface area contributed by atoms with Crippen molar-refractivity contribution in [3.63, 3.8) is 0 Å². The van der Waals surface area contributed by atoms with E-state index in [1.54, 1.807) is 6.07 Å². The van der Waals surface area contributed by atoms with Crippen molar-refractivity contribution in [2.45, 2.75) is 45.2 Å². The fourth-order valence-corrected chi connectivity index (χ4v) is 2.71. The predicted octanol–water partition coefficient (Wildman–Crippen LogP) is 2.93. The van der Waals surface area contributed by atoms with Gasteiger partial charge in [-0.25, -0.2) is 4.39 Å². The second kappa shape index (κ2) is 6.39.